The lowest BCUT2D eigenvalue weighted by atomic mass is 10.1. The molecule has 18 heavy (non-hydrogen) atoms. The average Bonchev–Trinajstić information content (AvgIpc) is 2.71. The van der Waals surface area contributed by atoms with Gasteiger partial charge in [-0.15, -0.1) is 0 Å². The predicted molar refractivity (Wildman–Crippen MR) is 75.3 cm³/mol. The second-order valence-corrected chi connectivity index (χ2v) is 4.61. The number of fused-ring (bicyclic) bond motifs is 3. The monoisotopic (exact) mass is 257 g/mol. The van der Waals surface area contributed by atoms with Gasteiger partial charge in [-0.3, -0.25) is 4.79 Å². The molecule has 0 spiro atoms. The number of carbonyl (C=O) groups excluding carboxylic acids is 1. The van der Waals surface area contributed by atoms with Gasteiger partial charge in [0.05, 0.1) is 0 Å². The Hall–Kier alpha value is -1.80. The molecule has 0 unspecified atom stereocenters. The molecule has 0 aliphatic carbocycles. The number of halogens is 1. The van der Waals surface area contributed by atoms with E-state index in [1.807, 2.05) is 24.3 Å². The molecule has 0 N–H and O–H groups in total. The van der Waals surface area contributed by atoms with Crippen LogP contribution >= 0.6 is 11.6 Å². The summed E-state index contributed by atoms with van der Waals surface area (Å²) in [5.74, 6) is 0. The van der Waals surface area contributed by atoms with Crippen molar-refractivity contribution in [3.8, 4) is 0 Å². The Morgan fingerprint density at radius 3 is 2.56 bits per heavy atom. The van der Waals surface area contributed by atoms with Gasteiger partial charge >= 0.3 is 0 Å². The van der Waals surface area contributed by atoms with Crippen LogP contribution < -0.4 is 0 Å². The molecule has 2 aromatic carbocycles. The third-order valence-electron chi connectivity index (χ3n) is 3.32. The molecule has 1 aromatic heterocycles. The molecule has 0 fully saturated rings. The third kappa shape index (κ3) is 1.53. The Bertz CT molecular complexity index is 758. The fourth-order valence-corrected chi connectivity index (χ4v) is 2.63. The molecule has 3 heteroatoms. The first kappa shape index (κ1) is 11.3. The van der Waals surface area contributed by atoms with Gasteiger partial charge in [-0.1, -0.05) is 18.2 Å². The molecule has 1 heterocycles. The zero-order valence-corrected chi connectivity index (χ0v) is 10.7. The zero-order chi connectivity index (χ0) is 12.7. The maximum absolute atomic E-state index is 11.3. The molecular weight excluding hydrogens is 246 g/mol. The number of benzene rings is 2. The number of aryl methyl sites for hydroxylation is 1. The number of para-hydroxylation sites is 1. The van der Waals surface area contributed by atoms with Gasteiger partial charge in [-0.2, -0.15) is 0 Å². The lowest BCUT2D eigenvalue weighted by Gasteiger charge is -2.02. The number of aromatic nitrogens is 1. The van der Waals surface area contributed by atoms with Crippen molar-refractivity contribution in [1.29, 1.82) is 0 Å². The Kier molecular flexibility index (Phi) is 2.60. The van der Waals surface area contributed by atoms with E-state index in [1.165, 1.54) is 5.52 Å². The second kappa shape index (κ2) is 4.14. The van der Waals surface area contributed by atoms with E-state index < -0.39 is 5.24 Å². The second-order valence-electron chi connectivity index (χ2n) is 4.27. The van der Waals surface area contributed by atoms with E-state index in [1.54, 1.807) is 6.07 Å². The van der Waals surface area contributed by atoms with Gasteiger partial charge < -0.3 is 4.57 Å². The topological polar surface area (TPSA) is 22.0 Å². The molecule has 0 bridgehead atoms. The van der Waals surface area contributed by atoms with Crippen LogP contribution in [0.5, 0.6) is 0 Å². The predicted octanol–water partition coefficient (Wildman–Crippen LogP) is 4.19. The van der Waals surface area contributed by atoms with Gasteiger partial charge in [0, 0.05) is 33.9 Å². The molecule has 0 saturated heterocycles. The molecule has 0 aliphatic heterocycles. The molecule has 0 amide bonds. The van der Waals surface area contributed by atoms with E-state index in [9.17, 15) is 4.79 Å². The molecule has 0 saturated carbocycles. The summed E-state index contributed by atoms with van der Waals surface area (Å²) in [6.45, 7) is 3.02. The van der Waals surface area contributed by atoms with Crippen LogP contribution in [0.4, 0.5) is 0 Å². The number of carbonyl (C=O) groups is 1. The van der Waals surface area contributed by atoms with E-state index in [0.29, 0.717) is 5.56 Å². The Labute approximate surface area is 110 Å². The Morgan fingerprint density at radius 1 is 1.11 bits per heavy atom. The largest absolute Gasteiger partial charge is 0.341 e. The molecule has 0 radical (unpaired) electrons. The summed E-state index contributed by atoms with van der Waals surface area (Å²) in [4.78, 5) is 11.3. The van der Waals surface area contributed by atoms with Crippen LogP contribution in [0.2, 0.25) is 0 Å². The molecule has 2 nitrogen and oxygen atoms in total. The van der Waals surface area contributed by atoms with Crippen molar-refractivity contribution in [2.45, 2.75) is 13.5 Å². The highest BCUT2D eigenvalue weighted by Gasteiger charge is 2.11. The van der Waals surface area contributed by atoms with Crippen molar-refractivity contribution < 1.29 is 4.79 Å². The van der Waals surface area contributed by atoms with Gasteiger partial charge in [0.15, 0.2) is 0 Å². The molecule has 3 aromatic rings. The maximum atomic E-state index is 11.3. The lowest BCUT2D eigenvalue weighted by Crippen LogP contribution is -1.93. The first-order chi connectivity index (χ1) is 8.72. The van der Waals surface area contributed by atoms with Crippen molar-refractivity contribution in [2.24, 2.45) is 0 Å². The van der Waals surface area contributed by atoms with Crippen LogP contribution in [0.15, 0.2) is 42.5 Å². The third-order valence-corrected chi connectivity index (χ3v) is 3.53. The van der Waals surface area contributed by atoms with E-state index in [0.717, 1.165) is 22.8 Å². The highest BCUT2D eigenvalue weighted by molar-refractivity contribution is 6.67. The average molecular weight is 258 g/mol. The first-order valence-electron chi connectivity index (χ1n) is 5.93. The molecule has 90 valence electrons. The fraction of sp³-hybridized carbons (Fsp3) is 0.133. The first-order valence-corrected chi connectivity index (χ1v) is 6.31. The van der Waals surface area contributed by atoms with Crippen molar-refractivity contribution in [3.05, 3.63) is 48.0 Å². The molecule has 0 aliphatic rings. The minimum absolute atomic E-state index is 0.412. The van der Waals surface area contributed by atoms with Gasteiger partial charge in [0.25, 0.3) is 5.24 Å². The van der Waals surface area contributed by atoms with E-state index >= 15 is 0 Å². The maximum Gasteiger partial charge on any atom is 0.252 e. The van der Waals surface area contributed by atoms with Crippen molar-refractivity contribution >= 4 is 38.6 Å². The Balaban J connectivity index is 2.48. The summed E-state index contributed by atoms with van der Waals surface area (Å²) >= 11 is 5.55. The summed E-state index contributed by atoms with van der Waals surface area (Å²) in [7, 11) is 0. The smallest absolute Gasteiger partial charge is 0.252 e. The van der Waals surface area contributed by atoms with Gasteiger partial charge in [-0.25, -0.2) is 0 Å². The lowest BCUT2D eigenvalue weighted by molar-refractivity contribution is 0.108. The van der Waals surface area contributed by atoms with Crippen LogP contribution in [0.1, 0.15) is 17.3 Å². The van der Waals surface area contributed by atoms with Crippen LogP contribution in [0, 0.1) is 0 Å². The molecular formula is C15H12ClNO. The standard InChI is InChI=1S/C15H12ClNO/c1-2-17-13-6-4-3-5-11(13)12-9-10(15(16)18)7-8-14(12)17/h3-9H,2H2,1H3. The number of rotatable bonds is 2. The minimum atomic E-state index is -0.412. The van der Waals surface area contributed by atoms with E-state index in [2.05, 4.69) is 23.6 Å². The molecule has 3 rings (SSSR count). The van der Waals surface area contributed by atoms with Gasteiger partial charge in [-0.05, 0) is 42.8 Å². The highest BCUT2D eigenvalue weighted by Crippen LogP contribution is 2.29. The van der Waals surface area contributed by atoms with Crippen LogP contribution in [0.3, 0.4) is 0 Å². The Morgan fingerprint density at radius 2 is 1.83 bits per heavy atom. The summed E-state index contributed by atoms with van der Waals surface area (Å²) in [5.41, 5.74) is 2.87. The quantitative estimate of drug-likeness (QED) is 0.631. The fourth-order valence-electron chi connectivity index (χ4n) is 2.52. The van der Waals surface area contributed by atoms with Gasteiger partial charge in [0.2, 0.25) is 0 Å². The number of hydrogen-bond acceptors (Lipinski definition) is 1. The van der Waals surface area contributed by atoms with Crippen molar-refractivity contribution in [2.75, 3.05) is 0 Å². The summed E-state index contributed by atoms with van der Waals surface area (Å²) in [6, 6.07) is 13.8. The van der Waals surface area contributed by atoms with Crippen molar-refractivity contribution in [3.63, 3.8) is 0 Å². The van der Waals surface area contributed by atoms with Crippen LogP contribution in [-0.2, 0) is 6.54 Å². The SMILES string of the molecule is CCn1c2ccccc2c2cc(C(=O)Cl)ccc21. The summed E-state index contributed by atoms with van der Waals surface area (Å²) < 4.78 is 2.24. The zero-order valence-electron chi connectivity index (χ0n) is 9.98. The summed E-state index contributed by atoms with van der Waals surface area (Å²) in [6.07, 6.45) is 0. The van der Waals surface area contributed by atoms with Crippen LogP contribution in [-0.4, -0.2) is 9.81 Å². The van der Waals surface area contributed by atoms with Crippen LogP contribution in [0.25, 0.3) is 21.8 Å². The molecule has 0 atom stereocenters. The van der Waals surface area contributed by atoms with E-state index in [4.69, 9.17) is 11.6 Å². The van der Waals surface area contributed by atoms with Gasteiger partial charge in [0.1, 0.15) is 0 Å². The highest BCUT2D eigenvalue weighted by atomic mass is 35.5. The van der Waals surface area contributed by atoms with Crippen molar-refractivity contribution in [1.82, 2.24) is 4.57 Å². The number of hydrogen-bond donors (Lipinski definition) is 0. The number of nitrogens with zero attached hydrogens (tertiary/aromatic N) is 1. The summed E-state index contributed by atoms with van der Waals surface area (Å²) in [5, 5.41) is 1.83. The normalized spacial score (nSPS) is 11.2. The van der Waals surface area contributed by atoms with E-state index in [-0.39, 0.29) is 0 Å². The minimum Gasteiger partial charge on any atom is -0.341 e.